The van der Waals surface area contributed by atoms with Gasteiger partial charge in [-0.15, -0.1) is 0 Å². The largest absolute Gasteiger partial charge is 0.378 e. The average Bonchev–Trinajstić information content (AvgIpc) is 2.98. The Kier molecular flexibility index (Phi) is 2.25. The quantitative estimate of drug-likeness (QED) is 0.694. The summed E-state index contributed by atoms with van der Waals surface area (Å²) in [6, 6.07) is 4.09. The standard InChI is InChI=1S/C13H15N5O/c1-8-14-9-6-11-12(7-10(9)15-8)17-13(16-11)18-2-4-19-5-3-18/h6-7H,2-5H2,1H3,(H,14,15)(H,16,17). The van der Waals surface area contributed by atoms with Crippen molar-refractivity contribution in [1.29, 1.82) is 0 Å². The first-order valence-electron chi connectivity index (χ1n) is 6.48. The molecule has 1 aromatic carbocycles. The van der Waals surface area contributed by atoms with E-state index in [1.165, 1.54) is 0 Å². The van der Waals surface area contributed by atoms with Crippen LogP contribution in [0.1, 0.15) is 5.82 Å². The van der Waals surface area contributed by atoms with Crippen LogP contribution in [0.25, 0.3) is 22.1 Å². The minimum Gasteiger partial charge on any atom is -0.378 e. The van der Waals surface area contributed by atoms with Gasteiger partial charge < -0.3 is 19.6 Å². The van der Waals surface area contributed by atoms with E-state index in [2.05, 4.69) is 30.9 Å². The maximum absolute atomic E-state index is 5.36. The molecule has 0 atom stereocenters. The maximum Gasteiger partial charge on any atom is 0.203 e. The second-order valence-electron chi connectivity index (χ2n) is 4.87. The first-order chi connectivity index (χ1) is 9.29. The zero-order valence-corrected chi connectivity index (χ0v) is 10.7. The first kappa shape index (κ1) is 10.8. The molecule has 2 N–H and O–H groups in total. The lowest BCUT2D eigenvalue weighted by Gasteiger charge is -2.26. The number of imidazole rings is 2. The monoisotopic (exact) mass is 257 g/mol. The van der Waals surface area contributed by atoms with Gasteiger partial charge >= 0.3 is 0 Å². The normalized spacial score (nSPS) is 16.6. The zero-order chi connectivity index (χ0) is 12.8. The summed E-state index contributed by atoms with van der Waals surface area (Å²) in [6.45, 7) is 5.25. The molecule has 98 valence electrons. The van der Waals surface area contributed by atoms with Crippen LogP contribution in [0.3, 0.4) is 0 Å². The van der Waals surface area contributed by atoms with Crippen LogP contribution in [0, 0.1) is 6.92 Å². The minimum atomic E-state index is 0.762. The summed E-state index contributed by atoms with van der Waals surface area (Å²) in [7, 11) is 0. The lowest BCUT2D eigenvalue weighted by atomic mass is 10.3. The Hall–Kier alpha value is -2.08. The van der Waals surface area contributed by atoms with Crippen molar-refractivity contribution in [3.8, 4) is 0 Å². The van der Waals surface area contributed by atoms with Crippen LogP contribution in [0.4, 0.5) is 5.95 Å². The van der Waals surface area contributed by atoms with Crippen LogP contribution in [-0.2, 0) is 4.74 Å². The Labute approximate surface area is 109 Å². The highest BCUT2D eigenvalue weighted by molar-refractivity contribution is 5.92. The smallest absolute Gasteiger partial charge is 0.203 e. The van der Waals surface area contributed by atoms with Crippen molar-refractivity contribution in [3.63, 3.8) is 0 Å². The molecule has 2 aromatic heterocycles. The zero-order valence-electron chi connectivity index (χ0n) is 10.7. The highest BCUT2D eigenvalue weighted by Crippen LogP contribution is 2.23. The topological polar surface area (TPSA) is 69.8 Å². The molecule has 1 aliphatic heterocycles. The van der Waals surface area contributed by atoms with E-state index in [4.69, 9.17) is 4.74 Å². The Bertz CT molecular complexity index is 687. The van der Waals surface area contributed by atoms with Crippen molar-refractivity contribution < 1.29 is 4.74 Å². The molecule has 1 fully saturated rings. The molecule has 1 saturated heterocycles. The Morgan fingerprint density at radius 2 is 1.79 bits per heavy atom. The molecular weight excluding hydrogens is 242 g/mol. The molecular formula is C13H15N5O. The van der Waals surface area contributed by atoms with Crippen molar-refractivity contribution in [2.24, 2.45) is 0 Å². The number of ether oxygens (including phenoxy) is 1. The van der Waals surface area contributed by atoms with Crippen LogP contribution >= 0.6 is 0 Å². The van der Waals surface area contributed by atoms with Crippen molar-refractivity contribution in [1.82, 2.24) is 19.9 Å². The average molecular weight is 257 g/mol. The third kappa shape index (κ3) is 1.76. The molecule has 3 heterocycles. The van der Waals surface area contributed by atoms with Crippen LogP contribution in [0.2, 0.25) is 0 Å². The van der Waals surface area contributed by atoms with E-state index < -0.39 is 0 Å². The fourth-order valence-electron chi connectivity index (χ4n) is 2.55. The number of nitrogens with zero attached hydrogens (tertiary/aromatic N) is 3. The molecule has 0 aliphatic carbocycles. The fourth-order valence-corrected chi connectivity index (χ4v) is 2.55. The number of aromatic amines is 2. The van der Waals surface area contributed by atoms with Gasteiger partial charge in [-0.05, 0) is 19.1 Å². The van der Waals surface area contributed by atoms with Gasteiger partial charge in [-0.2, -0.15) is 0 Å². The van der Waals surface area contributed by atoms with E-state index in [1.54, 1.807) is 0 Å². The molecule has 0 amide bonds. The van der Waals surface area contributed by atoms with Crippen LogP contribution in [0.15, 0.2) is 12.1 Å². The van der Waals surface area contributed by atoms with Crippen molar-refractivity contribution in [3.05, 3.63) is 18.0 Å². The number of hydrogen-bond acceptors (Lipinski definition) is 4. The second-order valence-corrected chi connectivity index (χ2v) is 4.87. The van der Waals surface area contributed by atoms with Gasteiger partial charge in [0.25, 0.3) is 0 Å². The summed E-state index contributed by atoms with van der Waals surface area (Å²) in [4.78, 5) is 17.9. The molecule has 0 unspecified atom stereocenters. The third-order valence-corrected chi connectivity index (χ3v) is 3.50. The van der Waals surface area contributed by atoms with Gasteiger partial charge in [-0.3, -0.25) is 0 Å². The highest BCUT2D eigenvalue weighted by Gasteiger charge is 2.15. The Balaban J connectivity index is 1.81. The molecule has 4 rings (SSSR count). The number of rotatable bonds is 1. The summed E-state index contributed by atoms with van der Waals surface area (Å²) in [5.74, 6) is 1.85. The van der Waals surface area contributed by atoms with Gasteiger partial charge in [0.2, 0.25) is 5.95 Å². The lowest BCUT2D eigenvalue weighted by molar-refractivity contribution is 0.122. The number of morpholine rings is 1. The number of nitrogens with one attached hydrogen (secondary N) is 2. The molecule has 6 heteroatoms. The molecule has 19 heavy (non-hydrogen) atoms. The lowest BCUT2D eigenvalue weighted by Crippen LogP contribution is -2.36. The van der Waals surface area contributed by atoms with Crippen LogP contribution < -0.4 is 4.90 Å². The van der Waals surface area contributed by atoms with E-state index >= 15 is 0 Å². The van der Waals surface area contributed by atoms with Gasteiger partial charge in [0.05, 0.1) is 35.3 Å². The number of anilines is 1. The van der Waals surface area contributed by atoms with Crippen molar-refractivity contribution in [2.75, 3.05) is 31.2 Å². The van der Waals surface area contributed by atoms with Crippen molar-refractivity contribution >= 4 is 28.0 Å². The van der Waals surface area contributed by atoms with Gasteiger partial charge in [0, 0.05) is 13.1 Å². The number of benzene rings is 1. The highest BCUT2D eigenvalue weighted by atomic mass is 16.5. The molecule has 1 aliphatic rings. The Morgan fingerprint density at radius 3 is 2.63 bits per heavy atom. The SMILES string of the molecule is Cc1nc2cc3nc(N4CCOCC4)[nH]c3cc2[nH]1. The molecule has 0 spiro atoms. The van der Waals surface area contributed by atoms with Crippen LogP contribution in [-0.4, -0.2) is 46.2 Å². The van der Waals surface area contributed by atoms with Gasteiger partial charge in [-0.25, -0.2) is 9.97 Å². The molecule has 0 bridgehead atoms. The number of aryl methyl sites for hydroxylation is 1. The van der Waals surface area contributed by atoms with Gasteiger partial charge in [0.15, 0.2) is 0 Å². The second kappa shape index (κ2) is 3.96. The summed E-state index contributed by atoms with van der Waals surface area (Å²) in [5.41, 5.74) is 4.00. The summed E-state index contributed by atoms with van der Waals surface area (Å²) in [5, 5.41) is 0. The number of aromatic nitrogens is 4. The summed E-state index contributed by atoms with van der Waals surface area (Å²) < 4.78 is 5.36. The van der Waals surface area contributed by atoms with Crippen molar-refractivity contribution in [2.45, 2.75) is 6.92 Å². The molecule has 3 aromatic rings. The third-order valence-electron chi connectivity index (χ3n) is 3.50. The Morgan fingerprint density at radius 1 is 1.05 bits per heavy atom. The predicted molar refractivity (Wildman–Crippen MR) is 73.5 cm³/mol. The van der Waals surface area contributed by atoms with Crippen LogP contribution in [0.5, 0.6) is 0 Å². The summed E-state index contributed by atoms with van der Waals surface area (Å²) >= 11 is 0. The number of fused-ring (bicyclic) bond motifs is 2. The van der Waals surface area contributed by atoms with Gasteiger partial charge in [0.1, 0.15) is 5.82 Å². The minimum absolute atomic E-state index is 0.762. The molecule has 6 nitrogen and oxygen atoms in total. The van der Waals surface area contributed by atoms with E-state index in [0.717, 1.165) is 60.1 Å². The van der Waals surface area contributed by atoms with E-state index in [9.17, 15) is 0 Å². The fraction of sp³-hybridized carbons (Fsp3) is 0.385. The molecule has 0 radical (unpaired) electrons. The first-order valence-corrected chi connectivity index (χ1v) is 6.48. The molecule has 0 saturated carbocycles. The summed E-state index contributed by atoms with van der Waals surface area (Å²) in [6.07, 6.45) is 0. The van der Waals surface area contributed by atoms with Gasteiger partial charge in [-0.1, -0.05) is 0 Å². The predicted octanol–water partition coefficient (Wildman–Crippen LogP) is 1.58. The number of H-pyrrole nitrogens is 2. The van der Waals surface area contributed by atoms with E-state index in [1.807, 2.05) is 13.0 Å². The van der Waals surface area contributed by atoms with E-state index in [-0.39, 0.29) is 0 Å². The number of hydrogen-bond donors (Lipinski definition) is 2. The van der Waals surface area contributed by atoms with E-state index in [0.29, 0.717) is 0 Å². The maximum atomic E-state index is 5.36.